The van der Waals surface area contributed by atoms with Crippen LogP contribution in [0.2, 0.25) is 0 Å². The molecular weight excluding hydrogens is 434 g/mol. The molecule has 0 unspecified atom stereocenters. The van der Waals surface area contributed by atoms with Crippen LogP contribution in [0, 0.1) is 13.8 Å². The van der Waals surface area contributed by atoms with Gasteiger partial charge in [-0.3, -0.25) is 4.79 Å². The fourth-order valence-corrected chi connectivity index (χ4v) is 3.47. The molecule has 0 fully saturated rings. The van der Waals surface area contributed by atoms with Crippen molar-refractivity contribution in [1.29, 1.82) is 0 Å². The third kappa shape index (κ3) is 5.02. The Balaban J connectivity index is 1.67. The van der Waals surface area contributed by atoms with Crippen molar-refractivity contribution >= 4 is 23.4 Å². The molecule has 0 aliphatic carbocycles. The number of carbonyl (C=O) groups excluding carboxylic acids is 1. The molecule has 34 heavy (non-hydrogen) atoms. The van der Waals surface area contributed by atoms with Crippen LogP contribution in [0.25, 0.3) is 11.4 Å². The SMILES string of the molecule is CNC(=O)c1ccc(Nc2ncc(-c3noc(C)n3)c(N[C@H](CO)c3ccccc3)n2)cc1C. The fraction of sp³-hybridized carbons (Fsp3) is 0.208. The standard InChI is InChI=1S/C24H25N7O3/c1-14-11-17(9-10-18(14)23(33)25-3)28-24-26-12-19(22-27-15(2)34-31-22)21(30-24)29-20(13-32)16-7-5-4-6-8-16/h4-12,20,32H,13H2,1-3H3,(H,25,33)(H2,26,28,29,30)/t20-/m1/s1. The van der Waals surface area contributed by atoms with E-state index in [1.54, 1.807) is 32.3 Å². The minimum atomic E-state index is -0.412. The van der Waals surface area contributed by atoms with Gasteiger partial charge in [-0.25, -0.2) is 4.98 Å². The smallest absolute Gasteiger partial charge is 0.251 e. The first-order chi connectivity index (χ1) is 16.5. The first-order valence-electron chi connectivity index (χ1n) is 10.7. The maximum absolute atomic E-state index is 12.0. The molecule has 1 atom stereocenters. The summed E-state index contributed by atoms with van der Waals surface area (Å²) in [5, 5.41) is 23.1. The quantitative estimate of drug-likeness (QED) is 0.312. The normalized spacial score (nSPS) is 11.6. The topological polar surface area (TPSA) is 138 Å². The average Bonchev–Trinajstić information content (AvgIpc) is 3.28. The second-order valence-electron chi connectivity index (χ2n) is 7.62. The Morgan fingerprint density at radius 1 is 1.12 bits per heavy atom. The summed E-state index contributed by atoms with van der Waals surface area (Å²) in [6.07, 6.45) is 1.59. The van der Waals surface area contributed by atoms with E-state index in [9.17, 15) is 9.90 Å². The van der Waals surface area contributed by atoms with Crippen molar-refractivity contribution < 1.29 is 14.4 Å². The van der Waals surface area contributed by atoms with Crippen LogP contribution in [-0.4, -0.2) is 44.8 Å². The van der Waals surface area contributed by atoms with Crippen LogP contribution >= 0.6 is 0 Å². The predicted octanol–water partition coefficient (Wildman–Crippen LogP) is 3.39. The van der Waals surface area contributed by atoms with Gasteiger partial charge in [0.15, 0.2) is 0 Å². The van der Waals surface area contributed by atoms with Gasteiger partial charge in [-0.1, -0.05) is 35.5 Å². The number of aliphatic hydroxyl groups excluding tert-OH is 1. The Labute approximate surface area is 196 Å². The van der Waals surface area contributed by atoms with Crippen LogP contribution in [0.5, 0.6) is 0 Å². The molecule has 174 valence electrons. The third-order valence-electron chi connectivity index (χ3n) is 5.21. The summed E-state index contributed by atoms with van der Waals surface area (Å²) in [4.78, 5) is 25.3. The van der Waals surface area contributed by atoms with Gasteiger partial charge >= 0.3 is 0 Å². The van der Waals surface area contributed by atoms with E-state index in [0.717, 1.165) is 16.8 Å². The van der Waals surface area contributed by atoms with Crippen molar-refractivity contribution in [2.24, 2.45) is 0 Å². The van der Waals surface area contributed by atoms with Gasteiger partial charge in [0.05, 0.1) is 18.2 Å². The zero-order valence-corrected chi connectivity index (χ0v) is 19.0. The molecule has 0 spiro atoms. The highest BCUT2D eigenvalue weighted by molar-refractivity contribution is 5.95. The highest BCUT2D eigenvalue weighted by Crippen LogP contribution is 2.29. The molecule has 0 bridgehead atoms. The van der Waals surface area contributed by atoms with Gasteiger partial charge < -0.3 is 25.6 Å². The Morgan fingerprint density at radius 2 is 1.91 bits per heavy atom. The molecule has 4 N–H and O–H groups in total. The number of aryl methyl sites for hydroxylation is 2. The van der Waals surface area contributed by atoms with Gasteiger partial charge in [0.2, 0.25) is 17.7 Å². The molecule has 2 heterocycles. The maximum atomic E-state index is 12.0. The van der Waals surface area contributed by atoms with E-state index in [-0.39, 0.29) is 12.5 Å². The second-order valence-corrected chi connectivity index (χ2v) is 7.62. The van der Waals surface area contributed by atoms with Crippen LogP contribution in [0.3, 0.4) is 0 Å². The number of aromatic nitrogens is 4. The Bertz CT molecular complexity index is 1290. The van der Waals surface area contributed by atoms with Gasteiger partial charge in [-0.2, -0.15) is 9.97 Å². The van der Waals surface area contributed by atoms with E-state index in [1.165, 1.54) is 0 Å². The zero-order chi connectivity index (χ0) is 24.1. The van der Waals surface area contributed by atoms with Crippen LogP contribution in [0.1, 0.15) is 33.4 Å². The van der Waals surface area contributed by atoms with Crippen LogP contribution in [-0.2, 0) is 0 Å². The lowest BCUT2D eigenvalue weighted by Crippen LogP contribution is -2.19. The number of rotatable bonds is 8. The lowest BCUT2D eigenvalue weighted by molar-refractivity contribution is 0.0962. The number of aliphatic hydroxyl groups is 1. The van der Waals surface area contributed by atoms with Crippen molar-refractivity contribution in [2.75, 3.05) is 24.3 Å². The number of benzene rings is 2. The summed E-state index contributed by atoms with van der Waals surface area (Å²) in [7, 11) is 1.60. The van der Waals surface area contributed by atoms with Gasteiger partial charge in [0.25, 0.3) is 5.91 Å². The summed E-state index contributed by atoms with van der Waals surface area (Å²) in [5.41, 5.74) is 3.55. The largest absolute Gasteiger partial charge is 0.394 e. The van der Waals surface area contributed by atoms with Crippen LogP contribution in [0.4, 0.5) is 17.5 Å². The molecule has 0 aliphatic rings. The number of amides is 1. The summed E-state index contributed by atoms with van der Waals surface area (Å²) in [6.45, 7) is 3.41. The Kier molecular flexibility index (Phi) is 6.79. The molecule has 0 aliphatic heterocycles. The molecule has 4 aromatic rings. The van der Waals surface area contributed by atoms with E-state index < -0.39 is 6.04 Å². The Morgan fingerprint density at radius 3 is 2.56 bits per heavy atom. The van der Waals surface area contributed by atoms with Crippen LogP contribution in [0.15, 0.2) is 59.3 Å². The molecule has 0 saturated carbocycles. The lowest BCUT2D eigenvalue weighted by atomic mass is 10.1. The van der Waals surface area contributed by atoms with Crippen molar-refractivity contribution in [1.82, 2.24) is 25.4 Å². The van der Waals surface area contributed by atoms with Gasteiger partial charge in [-0.15, -0.1) is 0 Å². The minimum Gasteiger partial charge on any atom is -0.394 e. The van der Waals surface area contributed by atoms with E-state index >= 15 is 0 Å². The highest BCUT2D eigenvalue weighted by atomic mass is 16.5. The van der Waals surface area contributed by atoms with E-state index in [2.05, 4.69) is 36.1 Å². The maximum Gasteiger partial charge on any atom is 0.251 e. The van der Waals surface area contributed by atoms with E-state index in [0.29, 0.717) is 34.6 Å². The molecule has 10 nitrogen and oxygen atoms in total. The summed E-state index contributed by atoms with van der Waals surface area (Å²) in [6, 6.07) is 14.5. The molecular formula is C24H25N7O3. The van der Waals surface area contributed by atoms with Crippen molar-refractivity contribution in [3.8, 4) is 11.4 Å². The number of nitrogens with zero attached hydrogens (tertiary/aromatic N) is 4. The van der Waals surface area contributed by atoms with Crippen molar-refractivity contribution in [3.63, 3.8) is 0 Å². The van der Waals surface area contributed by atoms with Crippen molar-refractivity contribution in [3.05, 3.63) is 77.3 Å². The second kappa shape index (κ2) is 10.1. The summed E-state index contributed by atoms with van der Waals surface area (Å²) < 4.78 is 5.13. The molecule has 0 saturated heterocycles. The average molecular weight is 460 g/mol. The first kappa shape index (κ1) is 22.9. The molecule has 2 aromatic carbocycles. The molecule has 2 aromatic heterocycles. The number of nitrogens with one attached hydrogen (secondary N) is 3. The molecule has 1 amide bonds. The summed E-state index contributed by atoms with van der Waals surface area (Å²) in [5.74, 6) is 1.35. The highest BCUT2D eigenvalue weighted by Gasteiger charge is 2.19. The number of hydrogen-bond acceptors (Lipinski definition) is 9. The molecule has 0 radical (unpaired) electrons. The van der Waals surface area contributed by atoms with E-state index in [1.807, 2.05) is 43.3 Å². The van der Waals surface area contributed by atoms with Crippen LogP contribution < -0.4 is 16.0 Å². The lowest BCUT2D eigenvalue weighted by Gasteiger charge is -2.19. The number of hydrogen-bond donors (Lipinski definition) is 4. The fourth-order valence-electron chi connectivity index (χ4n) is 3.47. The number of anilines is 3. The molecule has 10 heteroatoms. The summed E-state index contributed by atoms with van der Waals surface area (Å²) >= 11 is 0. The van der Waals surface area contributed by atoms with Gasteiger partial charge in [0, 0.05) is 31.4 Å². The predicted molar refractivity (Wildman–Crippen MR) is 128 cm³/mol. The monoisotopic (exact) mass is 459 g/mol. The number of carbonyl (C=O) groups is 1. The minimum absolute atomic E-state index is 0.150. The Hall–Kier alpha value is -4.31. The van der Waals surface area contributed by atoms with E-state index in [4.69, 9.17) is 4.52 Å². The van der Waals surface area contributed by atoms with Gasteiger partial charge in [0.1, 0.15) is 5.82 Å². The first-order valence-corrected chi connectivity index (χ1v) is 10.7. The molecule has 4 rings (SSSR count). The zero-order valence-electron chi connectivity index (χ0n) is 19.0. The van der Waals surface area contributed by atoms with Crippen molar-refractivity contribution in [2.45, 2.75) is 19.9 Å². The van der Waals surface area contributed by atoms with Gasteiger partial charge in [-0.05, 0) is 36.2 Å². The third-order valence-corrected chi connectivity index (χ3v) is 5.21.